The third-order valence-corrected chi connectivity index (χ3v) is 1.78. The van der Waals surface area contributed by atoms with Crippen LogP contribution in [0.25, 0.3) is 0 Å². The Labute approximate surface area is 92.2 Å². The summed E-state index contributed by atoms with van der Waals surface area (Å²) in [7, 11) is 0. The second kappa shape index (κ2) is 4.97. The number of aromatic nitrogens is 2. The Kier molecular flexibility index (Phi) is 3.18. The van der Waals surface area contributed by atoms with Gasteiger partial charge in [0.1, 0.15) is 5.75 Å². The van der Waals surface area contributed by atoms with Crippen molar-refractivity contribution in [3.05, 3.63) is 48.8 Å². The van der Waals surface area contributed by atoms with Crippen molar-refractivity contribution in [3.63, 3.8) is 0 Å². The maximum absolute atomic E-state index is 11.3. The van der Waals surface area contributed by atoms with Crippen LogP contribution in [0.3, 0.4) is 0 Å². The largest absolute Gasteiger partial charge is 0.482 e. The molecule has 0 fully saturated rings. The maximum Gasteiger partial charge on any atom is 0.371 e. The predicted molar refractivity (Wildman–Crippen MR) is 55.8 cm³/mol. The van der Waals surface area contributed by atoms with Gasteiger partial charge in [0.05, 0.1) is 12.4 Å². The zero-order valence-electron chi connectivity index (χ0n) is 8.45. The summed E-state index contributed by atoms with van der Waals surface area (Å²) in [6, 6.07) is 10.7. The summed E-state index contributed by atoms with van der Waals surface area (Å²) in [5, 5.41) is 3.73. The fourth-order valence-electron chi connectivity index (χ4n) is 1.10. The highest BCUT2D eigenvalue weighted by molar-refractivity contribution is 5.71. The number of ether oxygens (including phenoxy) is 1. The van der Waals surface area contributed by atoms with E-state index in [4.69, 9.17) is 9.57 Å². The molecule has 5 nitrogen and oxygen atoms in total. The molecule has 82 valence electrons. The average molecular weight is 218 g/mol. The van der Waals surface area contributed by atoms with Gasteiger partial charge >= 0.3 is 5.97 Å². The van der Waals surface area contributed by atoms with Crippen LogP contribution >= 0.6 is 0 Å². The van der Waals surface area contributed by atoms with Crippen LogP contribution in [-0.4, -0.2) is 22.5 Å². The molecule has 0 saturated carbocycles. The molecule has 0 atom stereocenters. The zero-order chi connectivity index (χ0) is 11.2. The van der Waals surface area contributed by atoms with Crippen molar-refractivity contribution >= 4 is 5.97 Å². The molecule has 0 bridgehead atoms. The van der Waals surface area contributed by atoms with Crippen LogP contribution in [0, 0.1) is 0 Å². The minimum absolute atomic E-state index is 0.149. The van der Waals surface area contributed by atoms with Gasteiger partial charge in [-0.2, -0.15) is 0 Å². The molecule has 0 amide bonds. The van der Waals surface area contributed by atoms with Crippen molar-refractivity contribution in [2.24, 2.45) is 0 Å². The van der Waals surface area contributed by atoms with E-state index in [1.807, 2.05) is 18.2 Å². The lowest BCUT2D eigenvalue weighted by atomic mass is 10.3. The Morgan fingerprint density at radius 1 is 1.25 bits per heavy atom. The second-order valence-electron chi connectivity index (χ2n) is 2.97. The molecule has 2 aromatic rings. The topological polar surface area (TPSA) is 53.4 Å². The highest BCUT2D eigenvalue weighted by atomic mass is 16.7. The van der Waals surface area contributed by atoms with Gasteiger partial charge in [0.15, 0.2) is 6.61 Å². The molecule has 0 radical (unpaired) electrons. The fraction of sp³-hybridized carbons (Fsp3) is 0.0909. The van der Waals surface area contributed by atoms with E-state index in [0.717, 1.165) is 4.85 Å². The zero-order valence-corrected chi connectivity index (χ0v) is 8.45. The fourth-order valence-corrected chi connectivity index (χ4v) is 1.10. The molecular weight excluding hydrogens is 208 g/mol. The first-order valence-electron chi connectivity index (χ1n) is 4.73. The molecule has 0 aliphatic carbocycles. The number of hydrogen-bond acceptors (Lipinski definition) is 4. The normalized spacial score (nSPS) is 9.75. The van der Waals surface area contributed by atoms with Gasteiger partial charge in [0.2, 0.25) is 0 Å². The van der Waals surface area contributed by atoms with Gasteiger partial charge in [-0.25, -0.2) is 4.79 Å². The monoisotopic (exact) mass is 218 g/mol. The lowest BCUT2D eigenvalue weighted by Crippen LogP contribution is -2.25. The standard InChI is InChI=1S/C11H10N2O3/c14-11(16-13-8-4-7-12-13)9-15-10-5-2-1-3-6-10/h1-8H,9H2. The summed E-state index contributed by atoms with van der Waals surface area (Å²) in [6.07, 6.45) is 3.05. The van der Waals surface area contributed by atoms with Crippen LogP contribution in [0.4, 0.5) is 0 Å². The second-order valence-corrected chi connectivity index (χ2v) is 2.97. The summed E-state index contributed by atoms with van der Waals surface area (Å²) in [6.45, 7) is -0.149. The van der Waals surface area contributed by atoms with Crippen molar-refractivity contribution in [3.8, 4) is 5.75 Å². The summed E-state index contributed by atoms with van der Waals surface area (Å²) >= 11 is 0. The van der Waals surface area contributed by atoms with Gasteiger partial charge in [-0.15, -0.1) is 5.10 Å². The van der Waals surface area contributed by atoms with Crippen LogP contribution in [-0.2, 0) is 4.79 Å². The molecule has 16 heavy (non-hydrogen) atoms. The first kappa shape index (κ1) is 10.2. The summed E-state index contributed by atoms with van der Waals surface area (Å²) in [4.78, 5) is 17.2. The van der Waals surface area contributed by atoms with Crippen LogP contribution in [0.5, 0.6) is 5.75 Å². The lowest BCUT2D eigenvalue weighted by Gasteiger charge is -2.05. The Bertz CT molecular complexity index is 440. The first-order valence-corrected chi connectivity index (χ1v) is 4.73. The van der Waals surface area contributed by atoms with Crippen molar-refractivity contribution in [2.45, 2.75) is 0 Å². The molecule has 0 aliphatic rings. The number of para-hydroxylation sites is 1. The van der Waals surface area contributed by atoms with Gasteiger partial charge in [-0.1, -0.05) is 23.0 Å². The third-order valence-electron chi connectivity index (χ3n) is 1.78. The van der Waals surface area contributed by atoms with Crippen LogP contribution in [0.2, 0.25) is 0 Å². The van der Waals surface area contributed by atoms with E-state index in [2.05, 4.69) is 5.10 Å². The number of carbonyl (C=O) groups is 1. The molecule has 1 heterocycles. The molecule has 0 unspecified atom stereocenters. The number of hydrogen-bond donors (Lipinski definition) is 0. The molecular formula is C11H10N2O3. The van der Waals surface area contributed by atoms with E-state index in [9.17, 15) is 4.79 Å². The Balaban J connectivity index is 1.80. The Morgan fingerprint density at radius 3 is 2.75 bits per heavy atom. The van der Waals surface area contributed by atoms with E-state index in [1.165, 1.54) is 12.4 Å². The maximum atomic E-state index is 11.3. The molecule has 1 aromatic carbocycles. The minimum Gasteiger partial charge on any atom is -0.482 e. The highest BCUT2D eigenvalue weighted by Gasteiger charge is 2.05. The van der Waals surface area contributed by atoms with Gasteiger partial charge in [0, 0.05) is 0 Å². The molecule has 0 N–H and O–H groups in total. The Hall–Kier alpha value is -2.30. The van der Waals surface area contributed by atoms with Gasteiger partial charge in [-0.05, 0) is 18.2 Å². The van der Waals surface area contributed by atoms with Crippen molar-refractivity contribution in [1.29, 1.82) is 0 Å². The van der Waals surface area contributed by atoms with Gasteiger partial charge in [0.25, 0.3) is 0 Å². The van der Waals surface area contributed by atoms with E-state index in [0.29, 0.717) is 5.75 Å². The van der Waals surface area contributed by atoms with Gasteiger partial charge in [-0.3, -0.25) is 0 Å². The van der Waals surface area contributed by atoms with Crippen molar-refractivity contribution in [1.82, 2.24) is 9.94 Å². The lowest BCUT2D eigenvalue weighted by molar-refractivity contribution is -0.148. The SMILES string of the molecule is O=C(COc1ccccc1)On1cccn1. The number of benzene rings is 1. The van der Waals surface area contributed by atoms with Crippen LogP contribution < -0.4 is 9.57 Å². The predicted octanol–water partition coefficient (Wildman–Crippen LogP) is 0.917. The van der Waals surface area contributed by atoms with E-state index in [-0.39, 0.29) is 6.61 Å². The van der Waals surface area contributed by atoms with Crippen molar-refractivity contribution in [2.75, 3.05) is 6.61 Å². The van der Waals surface area contributed by atoms with Gasteiger partial charge < -0.3 is 9.57 Å². The summed E-state index contributed by atoms with van der Waals surface area (Å²) < 4.78 is 5.20. The summed E-state index contributed by atoms with van der Waals surface area (Å²) in [5.74, 6) is 0.118. The molecule has 0 spiro atoms. The Morgan fingerprint density at radius 2 is 2.06 bits per heavy atom. The van der Waals surface area contributed by atoms with E-state index < -0.39 is 5.97 Å². The highest BCUT2D eigenvalue weighted by Crippen LogP contribution is 2.07. The molecule has 2 rings (SSSR count). The summed E-state index contributed by atoms with van der Waals surface area (Å²) in [5.41, 5.74) is 0. The molecule has 0 aliphatic heterocycles. The number of nitrogens with zero attached hydrogens (tertiary/aromatic N) is 2. The minimum atomic E-state index is -0.507. The van der Waals surface area contributed by atoms with E-state index >= 15 is 0 Å². The van der Waals surface area contributed by atoms with E-state index in [1.54, 1.807) is 18.2 Å². The number of carbonyl (C=O) groups excluding carboxylic acids is 1. The quantitative estimate of drug-likeness (QED) is 0.765. The van der Waals surface area contributed by atoms with Crippen LogP contribution in [0.15, 0.2) is 48.8 Å². The van der Waals surface area contributed by atoms with Crippen LogP contribution in [0.1, 0.15) is 0 Å². The number of rotatable bonds is 4. The average Bonchev–Trinajstić information content (AvgIpc) is 2.81. The third kappa shape index (κ3) is 2.84. The first-order chi connectivity index (χ1) is 7.84. The molecule has 0 saturated heterocycles. The van der Waals surface area contributed by atoms with Crippen molar-refractivity contribution < 1.29 is 14.4 Å². The molecule has 1 aromatic heterocycles. The smallest absolute Gasteiger partial charge is 0.371 e. The molecule has 5 heteroatoms.